The number of nitrogens with zero attached hydrogens (tertiary/aromatic N) is 2. The Balaban J connectivity index is 2.06. The fourth-order valence-corrected chi connectivity index (χ4v) is 3.13. The molecule has 1 aromatic carbocycles. The summed E-state index contributed by atoms with van der Waals surface area (Å²) >= 11 is 5.91. The molecule has 1 N–H and O–H groups in total. The molecule has 2 aromatic rings. The highest BCUT2D eigenvalue weighted by molar-refractivity contribution is 6.30. The van der Waals surface area contributed by atoms with Crippen LogP contribution in [0.2, 0.25) is 5.02 Å². The zero-order valence-electron chi connectivity index (χ0n) is 12.6. The highest BCUT2D eigenvalue weighted by Gasteiger charge is 2.36. The molecule has 116 valence electrons. The van der Waals surface area contributed by atoms with Crippen LogP contribution in [0.4, 0.5) is 10.1 Å². The SMILES string of the molecule is C=CC1(C)CC(c2ccc(F)c(Cl)c2)Nc2ccc(C#N)nc21. The summed E-state index contributed by atoms with van der Waals surface area (Å²) in [7, 11) is 0. The topological polar surface area (TPSA) is 48.7 Å². The number of anilines is 1. The number of aromatic nitrogens is 1. The number of hydrogen-bond acceptors (Lipinski definition) is 3. The first-order valence-electron chi connectivity index (χ1n) is 7.23. The molecule has 1 aromatic heterocycles. The molecule has 5 heteroatoms. The van der Waals surface area contributed by atoms with Crippen molar-refractivity contribution < 1.29 is 4.39 Å². The van der Waals surface area contributed by atoms with E-state index in [-0.39, 0.29) is 16.5 Å². The molecule has 3 nitrogen and oxygen atoms in total. The van der Waals surface area contributed by atoms with E-state index in [0.717, 1.165) is 16.9 Å². The Morgan fingerprint density at radius 3 is 2.91 bits per heavy atom. The standard InChI is InChI=1S/C18H15ClFN3/c1-3-18(2)9-16(11-4-6-14(20)13(19)8-11)23-15-7-5-12(10-21)22-17(15)18/h3-8,16,23H,1,9H2,2H3. The van der Waals surface area contributed by atoms with Crippen LogP contribution >= 0.6 is 11.6 Å². The number of fused-ring (bicyclic) bond motifs is 1. The third kappa shape index (κ3) is 2.69. The summed E-state index contributed by atoms with van der Waals surface area (Å²) in [5.41, 5.74) is 2.54. The Morgan fingerprint density at radius 1 is 1.48 bits per heavy atom. The molecule has 2 atom stereocenters. The summed E-state index contributed by atoms with van der Waals surface area (Å²) in [5.74, 6) is -0.432. The third-order valence-electron chi connectivity index (χ3n) is 4.31. The molecule has 23 heavy (non-hydrogen) atoms. The second-order valence-electron chi connectivity index (χ2n) is 5.90. The van der Waals surface area contributed by atoms with Crippen LogP contribution < -0.4 is 5.32 Å². The zero-order valence-corrected chi connectivity index (χ0v) is 13.4. The number of pyridine rings is 1. The van der Waals surface area contributed by atoms with Crippen LogP contribution in [0, 0.1) is 17.1 Å². The van der Waals surface area contributed by atoms with Gasteiger partial charge in [0.1, 0.15) is 17.6 Å². The number of rotatable bonds is 2. The Hall–Kier alpha value is -2.38. The highest BCUT2D eigenvalue weighted by atomic mass is 35.5. The first-order chi connectivity index (χ1) is 11.0. The van der Waals surface area contributed by atoms with E-state index in [1.54, 1.807) is 18.2 Å². The smallest absolute Gasteiger partial charge is 0.141 e. The Bertz CT molecular complexity index is 828. The lowest BCUT2D eigenvalue weighted by atomic mass is 9.75. The van der Waals surface area contributed by atoms with E-state index in [4.69, 9.17) is 16.9 Å². The summed E-state index contributed by atoms with van der Waals surface area (Å²) in [6, 6.07) is 10.3. The number of nitrogens with one attached hydrogen (secondary N) is 1. The lowest BCUT2D eigenvalue weighted by molar-refractivity contribution is 0.462. The van der Waals surface area contributed by atoms with Crippen molar-refractivity contribution in [1.82, 2.24) is 4.98 Å². The molecule has 0 saturated heterocycles. The van der Waals surface area contributed by atoms with Crippen molar-refractivity contribution in [3.8, 4) is 6.07 Å². The van der Waals surface area contributed by atoms with Crippen molar-refractivity contribution in [2.75, 3.05) is 5.32 Å². The fraction of sp³-hybridized carbons (Fsp3) is 0.222. The van der Waals surface area contributed by atoms with Crippen molar-refractivity contribution in [2.24, 2.45) is 0 Å². The molecular weight excluding hydrogens is 313 g/mol. The van der Waals surface area contributed by atoms with Crippen molar-refractivity contribution in [3.05, 3.63) is 70.8 Å². The minimum absolute atomic E-state index is 0.0432. The van der Waals surface area contributed by atoms with E-state index in [0.29, 0.717) is 12.1 Å². The molecule has 0 fully saturated rings. The molecule has 1 aliphatic heterocycles. The van der Waals surface area contributed by atoms with Gasteiger partial charge in [0.2, 0.25) is 0 Å². The van der Waals surface area contributed by atoms with Gasteiger partial charge < -0.3 is 5.32 Å². The van der Waals surface area contributed by atoms with Crippen LogP contribution in [0.25, 0.3) is 0 Å². The minimum atomic E-state index is -0.432. The molecule has 0 amide bonds. The van der Waals surface area contributed by atoms with Gasteiger partial charge in [-0.3, -0.25) is 0 Å². The first kappa shape index (κ1) is 15.5. The quantitative estimate of drug-likeness (QED) is 0.810. The van der Waals surface area contributed by atoms with E-state index in [9.17, 15) is 4.39 Å². The van der Waals surface area contributed by atoms with Crippen LogP contribution in [-0.2, 0) is 5.41 Å². The summed E-state index contributed by atoms with van der Waals surface area (Å²) in [6.07, 6.45) is 2.53. The number of hydrogen-bond donors (Lipinski definition) is 1. The van der Waals surface area contributed by atoms with Crippen LogP contribution in [0.3, 0.4) is 0 Å². The molecule has 0 aliphatic carbocycles. The predicted octanol–water partition coefficient (Wildman–Crippen LogP) is 4.75. The summed E-state index contributed by atoms with van der Waals surface area (Å²) in [4.78, 5) is 4.43. The molecule has 2 unspecified atom stereocenters. The van der Waals surface area contributed by atoms with Gasteiger partial charge in [0, 0.05) is 5.41 Å². The zero-order chi connectivity index (χ0) is 16.6. The van der Waals surface area contributed by atoms with Crippen LogP contribution in [0.1, 0.15) is 36.3 Å². The van der Waals surface area contributed by atoms with Gasteiger partial charge >= 0.3 is 0 Å². The van der Waals surface area contributed by atoms with Gasteiger partial charge in [-0.25, -0.2) is 9.37 Å². The average molecular weight is 328 g/mol. The van der Waals surface area contributed by atoms with E-state index in [1.165, 1.54) is 6.07 Å². The molecule has 0 bridgehead atoms. The molecule has 1 aliphatic rings. The van der Waals surface area contributed by atoms with Gasteiger partial charge in [-0.1, -0.05) is 30.7 Å². The second-order valence-corrected chi connectivity index (χ2v) is 6.31. The first-order valence-corrected chi connectivity index (χ1v) is 7.61. The summed E-state index contributed by atoms with van der Waals surface area (Å²) < 4.78 is 13.4. The average Bonchev–Trinajstić information content (AvgIpc) is 2.57. The number of allylic oxidation sites excluding steroid dienone is 1. The number of halogens is 2. The van der Waals surface area contributed by atoms with Gasteiger partial charge in [-0.2, -0.15) is 5.26 Å². The normalized spacial score (nSPS) is 22.6. The predicted molar refractivity (Wildman–Crippen MR) is 88.9 cm³/mol. The van der Waals surface area contributed by atoms with Gasteiger partial charge in [-0.15, -0.1) is 6.58 Å². The van der Waals surface area contributed by atoms with Crippen molar-refractivity contribution in [2.45, 2.75) is 24.8 Å². The molecule has 0 spiro atoms. The Labute approximate surface area is 139 Å². The molecular formula is C18H15ClFN3. The van der Waals surface area contributed by atoms with Crippen molar-refractivity contribution >= 4 is 17.3 Å². The lowest BCUT2D eigenvalue weighted by Gasteiger charge is -2.38. The summed E-state index contributed by atoms with van der Waals surface area (Å²) in [6.45, 7) is 5.97. The van der Waals surface area contributed by atoms with Gasteiger partial charge in [-0.05, 0) is 36.2 Å². The molecule has 0 radical (unpaired) electrons. The van der Waals surface area contributed by atoms with E-state index < -0.39 is 5.82 Å². The molecule has 0 saturated carbocycles. The number of benzene rings is 1. The second kappa shape index (κ2) is 5.68. The van der Waals surface area contributed by atoms with E-state index >= 15 is 0 Å². The number of nitriles is 1. The minimum Gasteiger partial charge on any atom is -0.377 e. The molecule has 2 heterocycles. The van der Waals surface area contributed by atoms with Gasteiger partial charge in [0.05, 0.1) is 22.4 Å². The van der Waals surface area contributed by atoms with Gasteiger partial charge in [0.25, 0.3) is 0 Å². The van der Waals surface area contributed by atoms with Crippen LogP contribution in [0.15, 0.2) is 43.0 Å². The fourth-order valence-electron chi connectivity index (χ4n) is 2.94. The van der Waals surface area contributed by atoms with Crippen LogP contribution in [0.5, 0.6) is 0 Å². The van der Waals surface area contributed by atoms with Gasteiger partial charge in [0.15, 0.2) is 0 Å². The maximum Gasteiger partial charge on any atom is 0.141 e. The highest BCUT2D eigenvalue weighted by Crippen LogP contribution is 2.44. The maximum atomic E-state index is 13.4. The van der Waals surface area contributed by atoms with Crippen molar-refractivity contribution in [1.29, 1.82) is 5.26 Å². The van der Waals surface area contributed by atoms with Crippen LogP contribution in [-0.4, -0.2) is 4.98 Å². The monoisotopic (exact) mass is 327 g/mol. The maximum absolute atomic E-state index is 13.4. The Morgan fingerprint density at radius 2 is 2.26 bits per heavy atom. The van der Waals surface area contributed by atoms with E-state index in [1.807, 2.05) is 19.1 Å². The summed E-state index contributed by atoms with van der Waals surface area (Å²) in [5, 5.41) is 12.6. The largest absolute Gasteiger partial charge is 0.377 e. The van der Waals surface area contributed by atoms with E-state index in [2.05, 4.69) is 22.9 Å². The molecule has 3 rings (SSSR count). The van der Waals surface area contributed by atoms with Crippen molar-refractivity contribution in [3.63, 3.8) is 0 Å². The lowest BCUT2D eigenvalue weighted by Crippen LogP contribution is -2.33. The Kier molecular flexibility index (Phi) is 3.83. The third-order valence-corrected chi connectivity index (χ3v) is 4.59.